The fourth-order valence-corrected chi connectivity index (χ4v) is 0.340. The quantitative estimate of drug-likeness (QED) is 0.395. The van der Waals surface area contributed by atoms with Crippen molar-refractivity contribution in [3.8, 4) is 0 Å². The van der Waals surface area contributed by atoms with E-state index in [9.17, 15) is 7.00 Å². The molecule has 0 aliphatic heterocycles. The van der Waals surface area contributed by atoms with Gasteiger partial charge in [-0.3, -0.25) is 6.08 Å². The molecule has 3 N–H and O–H groups in total. The minimum absolute atomic E-state index is 0. The molecule has 0 amide bonds. The number of hydrogen-bond acceptors (Lipinski definition) is 3. The average molecular weight is 448 g/mol. The summed E-state index contributed by atoms with van der Waals surface area (Å²) in [4.78, 5) is 0. The molecule has 3 nitrogen and oxygen atoms in total. The Morgan fingerprint density at radius 3 is 1.19 bits per heavy atom. The van der Waals surface area contributed by atoms with Crippen LogP contribution in [-0.4, -0.2) is 50.0 Å². The number of aliphatic hydroxyl groups is 3. The fourth-order valence-electron chi connectivity index (χ4n) is 0.340. The van der Waals surface area contributed by atoms with Crippen molar-refractivity contribution < 1.29 is 48.5 Å². The summed E-state index contributed by atoms with van der Waals surface area (Å²) in [7, 11) is 0. The number of rotatable bonds is 0. The Labute approximate surface area is 155 Å². The van der Waals surface area contributed by atoms with Gasteiger partial charge in [-0.05, 0) is 41.5 Å². The Morgan fingerprint density at radius 2 is 1.14 bits per heavy atom. The zero-order valence-electron chi connectivity index (χ0n) is 13.8. The van der Waals surface area contributed by atoms with Crippen molar-refractivity contribution in [2.45, 2.75) is 66.3 Å². The molecule has 1 aliphatic carbocycles. The monoisotopic (exact) mass is 448 g/mol. The first-order chi connectivity index (χ1) is 9.11. The maximum Gasteiger partial charge on any atom is 0 e. The molecule has 0 atom stereocenters. The van der Waals surface area contributed by atoms with Gasteiger partial charge in [-0.1, -0.05) is 0 Å². The topological polar surface area (TPSA) is 60.7 Å². The normalized spacial score (nSPS) is 10.2. The first-order valence-corrected chi connectivity index (χ1v) is 8.22. The van der Waals surface area contributed by atoms with Crippen molar-refractivity contribution >= 4 is 16.4 Å². The van der Waals surface area contributed by atoms with Crippen LogP contribution in [0.2, 0.25) is 0 Å². The second-order valence-electron chi connectivity index (χ2n) is 4.37. The van der Waals surface area contributed by atoms with Gasteiger partial charge in [0, 0.05) is 44.5 Å². The van der Waals surface area contributed by atoms with Crippen LogP contribution < -0.4 is 0 Å². The summed E-state index contributed by atoms with van der Waals surface area (Å²) in [6.07, 6.45) is 9.50. The SMILES string of the molecule is CC(C)O.CC(C)O.CC(C)O.[C-]1=CC=CC1.[F][GeH][F].[Zr]. The van der Waals surface area contributed by atoms with Crippen LogP contribution >= 0.6 is 0 Å². The molecule has 0 aromatic heterocycles. The van der Waals surface area contributed by atoms with Gasteiger partial charge >= 0.3 is 23.4 Å². The van der Waals surface area contributed by atoms with Crippen LogP contribution in [0.25, 0.3) is 0 Å². The molecule has 7 heteroatoms. The largest absolute Gasteiger partial charge is 0 e. The Morgan fingerprint density at radius 1 is 0.905 bits per heavy atom. The molecule has 0 heterocycles. The van der Waals surface area contributed by atoms with E-state index in [0.29, 0.717) is 0 Å². The van der Waals surface area contributed by atoms with Crippen molar-refractivity contribution in [1.82, 2.24) is 0 Å². The van der Waals surface area contributed by atoms with E-state index in [4.69, 9.17) is 15.3 Å². The molecule has 1 aliphatic rings. The summed E-state index contributed by atoms with van der Waals surface area (Å²) in [6.45, 7) is 10.3. The van der Waals surface area contributed by atoms with E-state index >= 15 is 0 Å². The predicted molar refractivity (Wildman–Crippen MR) is 83.0 cm³/mol. The minimum atomic E-state index is -2.69. The summed E-state index contributed by atoms with van der Waals surface area (Å²) in [5.74, 6) is 0. The van der Waals surface area contributed by atoms with Gasteiger partial charge in [-0.15, -0.1) is 6.42 Å². The van der Waals surface area contributed by atoms with Gasteiger partial charge in [0.25, 0.3) is 0 Å². The smallest absolute Gasteiger partial charge is 0 e. The van der Waals surface area contributed by atoms with Gasteiger partial charge in [0.05, 0.1) is 0 Å². The molecule has 0 aromatic carbocycles. The third-order valence-electron chi connectivity index (χ3n) is 0.586. The molecule has 0 fully saturated rings. The Balaban J connectivity index is -0.0000000508. The van der Waals surface area contributed by atoms with Crippen LogP contribution in [0, 0.1) is 6.08 Å². The first kappa shape index (κ1) is 33.3. The second kappa shape index (κ2) is 32.6. The average Bonchev–Trinajstić information content (AvgIpc) is 2.71. The van der Waals surface area contributed by atoms with Gasteiger partial charge in [0.2, 0.25) is 0 Å². The van der Waals surface area contributed by atoms with Crippen LogP contribution in [0.5, 0.6) is 0 Å². The van der Waals surface area contributed by atoms with Crippen molar-refractivity contribution in [2.75, 3.05) is 0 Å². The third-order valence-corrected chi connectivity index (χ3v) is 0.586. The molecule has 0 bridgehead atoms. The van der Waals surface area contributed by atoms with Gasteiger partial charge in [0.1, 0.15) is 0 Å². The number of hydrogen-bond donors (Lipinski definition) is 3. The number of allylic oxidation sites excluding steroid dienone is 4. The molecule has 0 saturated carbocycles. The van der Waals surface area contributed by atoms with Crippen molar-refractivity contribution in [3.63, 3.8) is 0 Å². The van der Waals surface area contributed by atoms with E-state index in [1.54, 1.807) is 41.5 Å². The fraction of sp³-hybridized carbons (Fsp3) is 0.714. The van der Waals surface area contributed by atoms with Crippen LogP contribution in [0.4, 0.5) is 7.00 Å². The number of aliphatic hydroxyl groups excluding tert-OH is 3. The van der Waals surface area contributed by atoms with Crippen LogP contribution in [0.15, 0.2) is 18.2 Å². The summed E-state index contributed by atoms with van der Waals surface area (Å²) in [6, 6.07) is 0. The molecule has 127 valence electrons. The molecule has 0 spiro atoms. The summed E-state index contributed by atoms with van der Waals surface area (Å²) in [5, 5.41) is 24.2. The molecular formula is C14H30F2GeO3Zr-. The second-order valence-corrected chi connectivity index (χ2v) is 4.71. The maximum atomic E-state index is 9.78. The van der Waals surface area contributed by atoms with E-state index in [1.165, 1.54) is 0 Å². The predicted octanol–water partition coefficient (Wildman–Crippen LogP) is 2.66. The summed E-state index contributed by atoms with van der Waals surface area (Å²) >= 11 is -2.69. The first-order valence-electron chi connectivity index (χ1n) is 6.39. The summed E-state index contributed by atoms with van der Waals surface area (Å²) < 4.78 is 19.6. The molecule has 0 saturated heterocycles. The number of halogens is 2. The van der Waals surface area contributed by atoms with Crippen LogP contribution in [0.1, 0.15) is 48.0 Å². The van der Waals surface area contributed by atoms with Crippen molar-refractivity contribution in [2.24, 2.45) is 0 Å². The Hall–Kier alpha value is 0.646. The zero-order valence-corrected chi connectivity index (χ0v) is 18.7. The molecule has 1 rings (SSSR count). The molecule has 0 unspecified atom stereocenters. The van der Waals surface area contributed by atoms with Crippen molar-refractivity contribution in [1.29, 1.82) is 0 Å². The zero-order chi connectivity index (χ0) is 17.0. The van der Waals surface area contributed by atoms with E-state index in [0.717, 1.165) is 6.42 Å². The van der Waals surface area contributed by atoms with Gasteiger partial charge < -0.3 is 15.3 Å². The maximum absolute atomic E-state index is 9.78. The van der Waals surface area contributed by atoms with Gasteiger partial charge in [-0.2, -0.15) is 6.08 Å². The van der Waals surface area contributed by atoms with E-state index < -0.39 is 16.4 Å². The third kappa shape index (κ3) is 225. The van der Waals surface area contributed by atoms with E-state index in [-0.39, 0.29) is 44.5 Å². The van der Waals surface area contributed by atoms with E-state index in [1.807, 2.05) is 12.2 Å². The Bertz CT molecular complexity index is 170. The standard InChI is InChI=1S/C5H5.3C3H8O.F2GeH.Zr/c1-2-4-5-3-1;3*1-3(2)4;1-3-2;/h1-3H,4H2;3*3-4H,1-2H3;3H;/q-1;;;;;. The Kier molecular flexibility index (Phi) is 51.6. The van der Waals surface area contributed by atoms with Gasteiger partial charge in [0.15, 0.2) is 0 Å². The van der Waals surface area contributed by atoms with Crippen molar-refractivity contribution in [3.05, 3.63) is 24.3 Å². The summed E-state index contributed by atoms with van der Waals surface area (Å²) in [5.41, 5.74) is 0. The van der Waals surface area contributed by atoms with Crippen LogP contribution in [0.3, 0.4) is 0 Å². The molecule has 21 heavy (non-hydrogen) atoms. The van der Waals surface area contributed by atoms with Gasteiger partial charge in [-0.25, -0.2) is 12.2 Å². The molecule has 1 radical (unpaired) electrons. The molecule has 0 aromatic rings. The minimum Gasteiger partial charge on any atom is 0 e. The van der Waals surface area contributed by atoms with E-state index in [2.05, 4.69) is 12.2 Å². The molecular weight excluding hydrogens is 418 g/mol. The van der Waals surface area contributed by atoms with Crippen LogP contribution in [-0.2, 0) is 26.2 Å².